The van der Waals surface area contributed by atoms with Crippen molar-refractivity contribution < 1.29 is 22.7 Å². The maximum Gasteiger partial charge on any atom is 0.416 e. The minimum atomic E-state index is -4.50. The Balaban J connectivity index is 2.11. The summed E-state index contributed by atoms with van der Waals surface area (Å²) in [4.78, 5) is 12.3. The lowest BCUT2D eigenvalue weighted by molar-refractivity contribution is -0.137. The molecule has 26 heavy (non-hydrogen) atoms. The van der Waals surface area contributed by atoms with Crippen molar-refractivity contribution in [3.05, 3.63) is 59.2 Å². The average Bonchev–Trinajstić information content (AvgIpc) is 2.60. The zero-order valence-corrected chi connectivity index (χ0v) is 14.6. The van der Waals surface area contributed by atoms with Gasteiger partial charge in [-0.25, -0.2) is 0 Å². The van der Waals surface area contributed by atoms with Gasteiger partial charge < -0.3 is 15.8 Å². The second-order valence-electron chi connectivity index (χ2n) is 6.05. The van der Waals surface area contributed by atoms with Gasteiger partial charge in [0.25, 0.3) is 0 Å². The second kappa shape index (κ2) is 8.23. The van der Waals surface area contributed by atoms with Crippen molar-refractivity contribution in [1.29, 1.82) is 0 Å². The van der Waals surface area contributed by atoms with Gasteiger partial charge in [0, 0.05) is 18.7 Å². The summed E-state index contributed by atoms with van der Waals surface area (Å²) in [5, 5.41) is 2.53. The lowest BCUT2D eigenvalue weighted by atomic mass is 9.97. The Morgan fingerprint density at radius 2 is 1.96 bits per heavy atom. The van der Waals surface area contributed by atoms with Crippen LogP contribution in [0.4, 0.5) is 18.9 Å². The molecule has 0 saturated heterocycles. The molecule has 0 aliphatic heterocycles. The van der Waals surface area contributed by atoms with Crippen LogP contribution in [-0.4, -0.2) is 13.0 Å². The normalized spacial score (nSPS) is 12.5. The summed E-state index contributed by atoms with van der Waals surface area (Å²) in [5.74, 6) is 0.188. The van der Waals surface area contributed by atoms with Crippen molar-refractivity contribution in [2.45, 2.75) is 32.0 Å². The van der Waals surface area contributed by atoms with E-state index < -0.39 is 11.7 Å². The highest BCUT2D eigenvalue weighted by molar-refractivity contribution is 5.91. The molecule has 1 atom stereocenters. The van der Waals surface area contributed by atoms with Crippen molar-refractivity contribution >= 4 is 11.6 Å². The Labute approximate surface area is 150 Å². The Morgan fingerprint density at radius 1 is 1.23 bits per heavy atom. The highest BCUT2D eigenvalue weighted by Crippen LogP contribution is 2.32. The third-order valence-electron chi connectivity index (χ3n) is 3.99. The predicted molar refractivity (Wildman–Crippen MR) is 94.0 cm³/mol. The average molecular weight is 366 g/mol. The summed E-state index contributed by atoms with van der Waals surface area (Å²) in [6.45, 7) is 1.82. The van der Waals surface area contributed by atoms with Crippen LogP contribution in [-0.2, 0) is 17.5 Å². The molecule has 7 heteroatoms. The highest BCUT2D eigenvalue weighted by atomic mass is 19.4. The van der Waals surface area contributed by atoms with Crippen LogP contribution >= 0.6 is 0 Å². The van der Waals surface area contributed by atoms with Crippen molar-refractivity contribution in [3.63, 3.8) is 0 Å². The van der Waals surface area contributed by atoms with Crippen LogP contribution in [0.5, 0.6) is 5.75 Å². The van der Waals surface area contributed by atoms with E-state index in [1.54, 1.807) is 13.2 Å². The number of benzene rings is 2. The van der Waals surface area contributed by atoms with E-state index in [9.17, 15) is 18.0 Å². The smallest absolute Gasteiger partial charge is 0.416 e. The Kier molecular flexibility index (Phi) is 6.26. The largest absolute Gasteiger partial charge is 0.497 e. The molecular weight excluding hydrogens is 345 g/mol. The lowest BCUT2D eigenvalue weighted by Gasteiger charge is -2.15. The predicted octanol–water partition coefficient (Wildman–Crippen LogP) is 4.31. The van der Waals surface area contributed by atoms with Crippen LogP contribution in [0.15, 0.2) is 42.5 Å². The van der Waals surface area contributed by atoms with Gasteiger partial charge in [-0.15, -0.1) is 0 Å². The molecule has 0 aliphatic carbocycles. The number of carbonyl (C=O) groups is 1. The molecule has 3 N–H and O–H groups in total. The number of ether oxygens (including phenoxy) is 1. The summed E-state index contributed by atoms with van der Waals surface area (Å²) >= 11 is 0. The maximum absolute atomic E-state index is 13.0. The molecule has 0 fully saturated rings. The van der Waals surface area contributed by atoms with E-state index in [2.05, 4.69) is 5.32 Å². The molecule has 0 radical (unpaired) electrons. The molecule has 0 aromatic heterocycles. The number of carbonyl (C=O) groups excluding carboxylic acids is 1. The first kappa shape index (κ1) is 19.8. The number of halogens is 3. The maximum atomic E-state index is 13.0. The van der Waals surface area contributed by atoms with Gasteiger partial charge in [0.2, 0.25) is 5.91 Å². The number of anilines is 1. The summed E-state index contributed by atoms with van der Waals surface area (Å²) in [6, 6.07) is 10.7. The van der Waals surface area contributed by atoms with Crippen molar-refractivity contribution in [2.24, 2.45) is 5.73 Å². The van der Waals surface area contributed by atoms with Crippen molar-refractivity contribution in [3.8, 4) is 5.75 Å². The Bertz CT molecular complexity index is 776. The van der Waals surface area contributed by atoms with E-state index in [1.165, 1.54) is 6.07 Å². The molecular formula is C19H21F3N2O2. The van der Waals surface area contributed by atoms with E-state index in [0.29, 0.717) is 11.3 Å². The second-order valence-corrected chi connectivity index (χ2v) is 6.05. The molecule has 0 heterocycles. The number of alkyl halides is 3. The van der Waals surface area contributed by atoms with Gasteiger partial charge in [-0.2, -0.15) is 13.2 Å². The van der Waals surface area contributed by atoms with Crippen LogP contribution in [0.3, 0.4) is 0 Å². The number of nitrogens with two attached hydrogens (primary N) is 1. The van der Waals surface area contributed by atoms with E-state index in [4.69, 9.17) is 10.5 Å². The molecule has 140 valence electrons. The summed E-state index contributed by atoms with van der Waals surface area (Å²) < 4.78 is 44.0. The summed E-state index contributed by atoms with van der Waals surface area (Å²) in [6.07, 6.45) is -4.38. The number of methoxy groups -OCH3 is 1. The minimum absolute atomic E-state index is 0.0486. The SMILES string of the molecule is COc1cccc(C(C)CC(=O)Nc2cc(CN)cc(C(F)(F)F)c2)c1. The fourth-order valence-electron chi connectivity index (χ4n) is 2.60. The molecule has 2 rings (SSSR count). The van der Waals surface area contributed by atoms with Crippen molar-refractivity contribution in [2.75, 3.05) is 12.4 Å². The molecule has 0 aliphatic rings. The zero-order chi connectivity index (χ0) is 19.3. The Hall–Kier alpha value is -2.54. The van der Waals surface area contributed by atoms with E-state index in [0.717, 1.165) is 17.7 Å². The van der Waals surface area contributed by atoms with Crippen LogP contribution < -0.4 is 15.8 Å². The quantitative estimate of drug-likeness (QED) is 0.801. The summed E-state index contributed by atoms with van der Waals surface area (Å²) in [7, 11) is 1.55. The molecule has 0 bridgehead atoms. The van der Waals surface area contributed by atoms with Gasteiger partial charge in [0.1, 0.15) is 5.75 Å². The molecule has 0 spiro atoms. The van der Waals surface area contributed by atoms with Gasteiger partial charge >= 0.3 is 6.18 Å². The number of hydrogen-bond donors (Lipinski definition) is 2. The van der Waals surface area contributed by atoms with Crippen LogP contribution in [0, 0.1) is 0 Å². The molecule has 2 aromatic carbocycles. The first-order chi connectivity index (χ1) is 12.2. The van der Waals surface area contributed by atoms with E-state index in [1.807, 2.05) is 25.1 Å². The Morgan fingerprint density at radius 3 is 2.58 bits per heavy atom. The fourth-order valence-corrected chi connectivity index (χ4v) is 2.60. The topological polar surface area (TPSA) is 64.3 Å². The third-order valence-corrected chi connectivity index (χ3v) is 3.99. The zero-order valence-electron chi connectivity index (χ0n) is 14.6. The first-order valence-electron chi connectivity index (χ1n) is 8.08. The molecule has 0 saturated carbocycles. The summed E-state index contributed by atoms with van der Waals surface area (Å²) in [5.41, 5.74) is 5.91. The van der Waals surface area contributed by atoms with Gasteiger partial charge in [-0.1, -0.05) is 19.1 Å². The number of rotatable bonds is 6. The molecule has 4 nitrogen and oxygen atoms in total. The standard InChI is InChI=1S/C19H21F3N2O2/c1-12(14-4-3-5-17(9-14)26-2)6-18(25)24-16-8-13(11-23)7-15(10-16)19(20,21)22/h3-5,7-10,12H,6,11,23H2,1-2H3,(H,24,25). The monoisotopic (exact) mass is 366 g/mol. The van der Waals surface area contributed by atoms with E-state index >= 15 is 0 Å². The van der Waals surface area contributed by atoms with Crippen LogP contribution in [0.25, 0.3) is 0 Å². The van der Waals surface area contributed by atoms with E-state index in [-0.39, 0.29) is 30.5 Å². The van der Waals surface area contributed by atoms with Crippen molar-refractivity contribution in [1.82, 2.24) is 0 Å². The lowest BCUT2D eigenvalue weighted by Crippen LogP contribution is -2.16. The molecule has 2 aromatic rings. The number of amides is 1. The highest BCUT2D eigenvalue weighted by Gasteiger charge is 2.31. The first-order valence-corrected chi connectivity index (χ1v) is 8.08. The van der Waals surface area contributed by atoms with Gasteiger partial charge in [-0.05, 0) is 47.4 Å². The minimum Gasteiger partial charge on any atom is -0.497 e. The number of nitrogens with one attached hydrogen (secondary N) is 1. The third kappa shape index (κ3) is 5.23. The fraction of sp³-hybridized carbons (Fsp3) is 0.316. The van der Waals surface area contributed by atoms with Gasteiger partial charge in [-0.3, -0.25) is 4.79 Å². The molecule has 1 amide bonds. The van der Waals surface area contributed by atoms with Gasteiger partial charge in [0.05, 0.1) is 12.7 Å². The van der Waals surface area contributed by atoms with Crippen LogP contribution in [0.2, 0.25) is 0 Å². The molecule has 1 unspecified atom stereocenters. The van der Waals surface area contributed by atoms with Gasteiger partial charge in [0.15, 0.2) is 0 Å². The number of hydrogen-bond acceptors (Lipinski definition) is 3. The van der Waals surface area contributed by atoms with Crippen LogP contribution in [0.1, 0.15) is 36.0 Å².